The number of hydrogen-bond acceptors (Lipinski definition) is 5. The van der Waals surface area contributed by atoms with Crippen LogP contribution >= 0.6 is 0 Å². The zero-order chi connectivity index (χ0) is 16.9. The highest BCUT2D eigenvalue weighted by Crippen LogP contribution is 2.65. The Bertz CT molecular complexity index is 695. The highest BCUT2D eigenvalue weighted by Gasteiger charge is 2.75. The first-order valence-corrected chi connectivity index (χ1v) is 7.59. The van der Waals surface area contributed by atoms with Crippen molar-refractivity contribution in [3.63, 3.8) is 0 Å². The summed E-state index contributed by atoms with van der Waals surface area (Å²) < 4.78 is 5.49. The maximum Gasteiger partial charge on any atom is 0.313 e. The minimum Gasteiger partial charge on any atom is -0.508 e. The summed E-state index contributed by atoms with van der Waals surface area (Å²) in [4.78, 5) is 24.8. The van der Waals surface area contributed by atoms with Gasteiger partial charge in [-0.25, -0.2) is 5.43 Å². The fourth-order valence-electron chi connectivity index (χ4n) is 3.56. The number of nitrogens with one attached hydrogen (secondary N) is 1. The number of phenols is 1. The highest BCUT2D eigenvalue weighted by atomic mass is 16.6. The van der Waals surface area contributed by atoms with Crippen LogP contribution in [0.2, 0.25) is 0 Å². The third-order valence-electron chi connectivity index (χ3n) is 5.72. The second-order valence-electron chi connectivity index (χ2n) is 6.96. The van der Waals surface area contributed by atoms with Crippen LogP contribution in [0.4, 0.5) is 0 Å². The SMILES string of the molecule is CC1(C)[C@@]2(C)CC[C@@]1(C(=O)N/N=C/c1ccc(O)cc1)OC2=O. The normalized spacial score (nSPS) is 31.3. The van der Waals surface area contributed by atoms with Gasteiger partial charge in [-0.15, -0.1) is 0 Å². The van der Waals surface area contributed by atoms with Gasteiger partial charge in [0.2, 0.25) is 0 Å². The second-order valence-corrected chi connectivity index (χ2v) is 6.96. The molecule has 2 aliphatic rings. The molecule has 2 fully saturated rings. The molecule has 23 heavy (non-hydrogen) atoms. The molecule has 0 unspecified atom stereocenters. The highest BCUT2D eigenvalue weighted by molar-refractivity contribution is 5.96. The topological polar surface area (TPSA) is 88.0 Å². The third kappa shape index (κ3) is 1.97. The molecule has 122 valence electrons. The molecule has 1 aliphatic carbocycles. The number of amides is 1. The van der Waals surface area contributed by atoms with Gasteiger partial charge in [-0.2, -0.15) is 5.10 Å². The number of hydrogen-bond donors (Lipinski definition) is 2. The Morgan fingerprint density at radius 1 is 1.26 bits per heavy atom. The van der Waals surface area contributed by atoms with Crippen LogP contribution in [-0.2, 0) is 14.3 Å². The molecule has 2 N–H and O–H groups in total. The summed E-state index contributed by atoms with van der Waals surface area (Å²) in [6.07, 6.45) is 2.61. The molecule has 2 bridgehead atoms. The van der Waals surface area contributed by atoms with Crippen LogP contribution in [0.15, 0.2) is 29.4 Å². The Balaban J connectivity index is 1.76. The molecule has 0 radical (unpaired) electrons. The first-order chi connectivity index (χ1) is 10.7. The molecule has 0 spiro atoms. The number of fused-ring (bicyclic) bond motifs is 2. The first kappa shape index (κ1) is 15.5. The van der Waals surface area contributed by atoms with E-state index in [4.69, 9.17) is 4.74 Å². The number of carbonyl (C=O) groups is 2. The summed E-state index contributed by atoms with van der Waals surface area (Å²) in [5.41, 5.74) is 0.842. The van der Waals surface area contributed by atoms with E-state index in [0.717, 1.165) is 5.56 Å². The molecule has 1 amide bonds. The number of carbonyl (C=O) groups excluding carboxylic acids is 2. The van der Waals surface area contributed by atoms with Crippen LogP contribution in [0.3, 0.4) is 0 Å². The molecule has 1 aliphatic heterocycles. The van der Waals surface area contributed by atoms with E-state index >= 15 is 0 Å². The lowest BCUT2D eigenvalue weighted by atomic mass is 9.66. The maximum absolute atomic E-state index is 12.6. The summed E-state index contributed by atoms with van der Waals surface area (Å²) in [6.45, 7) is 5.65. The van der Waals surface area contributed by atoms with Crippen molar-refractivity contribution in [2.24, 2.45) is 15.9 Å². The van der Waals surface area contributed by atoms with Gasteiger partial charge in [0.05, 0.1) is 11.6 Å². The Kier molecular flexibility index (Phi) is 3.25. The van der Waals surface area contributed by atoms with Gasteiger partial charge in [-0.05, 0) is 49.6 Å². The average molecular weight is 316 g/mol. The Hall–Kier alpha value is -2.37. The third-order valence-corrected chi connectivity index (χ3v) is 5.72. The second kappa shape index (κ2) is 4.81. The monoisotopic (exact) mass is 316 g/mol. The fraction of sp³-hybridized carbons (Fsp3) is 0.471. The van der Waals surface area contributed by atoms with E-state index in [-0.39, 0.29) is 11.7 Å². The van der Waals surface area contributed by atoms with Gasteiger partial charge in [-0.3, -0.25) is 9.59 Å². The Labute approximate surface area is 134 Å². The molecule has 1 aromatic rings. The Morgan fingerprint density at radius 2 is 1.91 bits per heavy atom. The molecular formula is C17H20N2O4. The number of nitrogens with zero attached hydrogens (tertiary/aromatic N) is 1. The van der Waals surface area contributed by atoms with E-state index in [0.29, 0.717) is 12.8 Å². The molecule has 6 heteroatoms. The van der Waals surface area contributed by atoms with Crippen molar-refractivity contribution < 1.29 is 19.4 Å². The van der Waals surface area contributed by atoms with Crippen LogP contribution in [0.5, 0.6) is 5.75 Å². The van der Waals surface area contributed by atoms with Gasteiger partial charge < -0.3 is 9.84 Å². The average Bonchev–Trinajstić information content (AvgIpc) is 2.79. The van der Waals surface area contributed by atoms with Gasteiger partial charge in [0.25, 0.3) is 5.91 Å². The first-order valence-electron chi connectivity index (χ1n) is 7.59. The van der Waals surface area contributed by atoms with Gasteiger partial charge in [0.1, 0.15) is 5.75 Å². The minimum absolute atomic E-state index is 0.162. The van der Waals surface area contributed by atoms with E-state index in [1.54, 1.807) is 12.1 Å². The van der Waals surface area contributed by atoms with Crippen LogP contribution < -0.4 is 5.43 Å². The zero-order valence-corrected chi connectivity index (χ0v) is 13.4. The molecule has 2 atom stereocenters. The fourth-order valence-corrected chi connectivity index (χ4v) is 3.56. The largest absolute Gasteiger partial charge is 0.508 e. The van der Waals surface area contributed by atoms with Crippen LogP contribution in [0, 0.1) is 10.8 Å². The lowest BCUT2D eigenvalue weighted by Crippen LogP contribution is -2.52. The van der Waals surface area contributed by atoms with Crippen molar-refractivity contribution in [1.29, 1.82) is 0 Å². The molecule has 6 nitrogen and oxygen atoms in total. The van der Waals surface area contributed by atoms with Crippen molar-refractivity contribution in [2.45, 2.75) is 39.2 Å². The maximum atomic E-state index is 12.6. The number of rotatable bonds is 3. The van der Waals surface area contributed by atoms with Crippen molar-refractivity contribution in [3.8, 4) is 5.75 Å². The molecule has 1 saturated heterocycles. The van der Waals surface area contributed by atoms with E-state index in [2.05, 4.69) is 10.5 Å². The molecular weight excluding hydrogens is 296 g/mol. The lowest BCUT2D eigenvalue weighted by molar-refractivity contribution is -0.168. The standard InChI is InChI=1S/C17H20N2O4/c1-15(2)16(3)8-9-17(15,23-14(16)22)13(21)19-18-10-11-4-6-12(20)7-5-11/h4-7,10,20H,8-9H2,1-3H3,(H,19,21)/b18-10+/t16-,17-/m0/s1. The summed E-state index contributed by atoms with van der Waals surface area (Å²) >= 11 is 0. The smallest absolute Gasteiger partial charge is 0.313 e. The molecule has 3 rings (SSSR count). The number of ether oxygens (including phenoxy) is 1. The predicted molar refractivity (Wildman–Crippen MR) is 83.8 cm³/mol. The quantitative estimate of drug-likeness (QED) is 0.507. The van der Waals surface area contributed by atoms with E-state index < -0.39 is 22.3 Å². The Morgan fingerprint density at radius 3 is 2.43 bits per heavy atom. The molecule has 1 heterocycles. The summed E-state index contributed by atoms with van der Waals surface area (Å²) in [7, 11) is 0. The van der Waals surface area contributed by atoms with Crippen molar-refractivity contribution in [1.82, 2.24) is 5.43 Å². The van der Waals surface area contributed by atoms with Crippen LogP contribution in [-0.4, -0.2) is 28.8 Å². The summed E-state index contributed by atoms with van der Waals surface area (Å²) in [6, 6.07) is 6.42. The minimum atomic E-state index is -1.16. The van der Waals surface area contributed by atoms with Crippen LogP contribution in [0.25, 0.3) is 0 Å². The van der Waals surface area contributed by atoms with Gasteiger partial charge >= 0.3 is 5.97 Å². The van der Waals surface area contributed by atoms with Crippen molar-refractivity contribution in [3.05, 3.63) is 29.8 Å². The van der Waals surface area contributed by atoms with Gasteiger partial charge in [0, 0.05) is 5.41 Å². The van der Waals surface area contributed by atoms with E-state index in [9.17, 15) is 14.7 Å². The number of benzene rings is 1. The van der Waals surface area contributed by atoms with Crippen molar-refractivity contribution >= 4 is 18.1 Å². The van der Waals surface area contributed by atoms with Crippen molar-refractivity contribution in [2.75, 3.05) is 0 Å². The van der Waals surface area contributed by atoms with E-state index in [1.807, 2.05) is 20.8 Å². The molecule has 0 aromatic heterocycles. The van der Waals surface area contributed by atoms with Gasteiger partial charge in [-0.1, -0.05) is 13.8 Å². The number of esters is 1. The zero-order valence-electron chi connectivity index (χ0n) is 13.4. The lowest BCUT2D eigenvalue weighted by Gasteiger charge is -2.34. The van der Waals surface area contributed by atoms with E-state index in [1.165, 1.54) is 18.3 Å². The van der Waals surface area contributed by atoms with Gasteiger partial charge in [0.15, 0.2) is 5.60 Å². The number of hydrazone groups is 1. The summed E-state index contributed by atoms with van der Waals surface area (Å²) in [5, 5.41) is 13.2. The summed E-state index contributed by atoms with van der Waals surface area (Å²) in [5.74, 6) is -0.548. The number of phenolic OH excluding ortho intramolecular Hbond substituents is 1. The van der Waals surface area contributed by atoms with Crippen LogP contribution in [0.1, 0.15) is 39.2 Å². The molecule has 1 aromatic carbocycles. The predicted octanol–water partition coefficient (Wildman–Crippen LogP) is 1.96. The number of aromatic hydroxyl groups is 1. The molecule has 1 saturated carbocycles.